The Morgan fingerprint density at radius 3 is 1.54 bits per heavy atom. The van der Waals surface area contributed by atoms with E-state index in [1.165, 1.54) is 12.1 Å². The minimum absolute atomic E-state index is 0.0315. The van der Waals surface area contributed by atoms with E-state index in [-0.39, 0.29) is 11.4 Å². The van der Waals surface area contributed by atoms with Crippen molar-refractivity contribution in [2.24, 2.45) is 0 Å². The predicted octanol–water partition coefficient (Wildman–Crippen LogP) is 2.33. The van der Waals surface area contributed by atoms with E-state index >= 15 is 0 Å². The Labute approximate surface area is 158 Å². The van der Waals surface area contributed by atoms with Crippen LogP contribution in [-0.2, 0) is 0 Å². The summed E-state index contributed by atoms with van der Waals surface area (Å²) in [5.41, 5.74) is 1.14. The second kappa shape index (κ2) is 7.71. The molecular formula is C19H15BiN2O4. The predicted molar refractivity (Wildman–Crippen MR) is 102 cm³/mol. The molecule has 0 amide bonds. The first kappa shape index (κ1) is 18.1. The summed E-state index contributed by atoms with van der Waals surface area (Å²) in [5.74, 6) is 0. The van der Waals surface area contributed by atoms with Crippen LogP contribution in [-0.4, -0.2) is 31.6 Å². The van der Waals surface area contributed by atoms with Crippen LogP contribution in [0.25, 0.3) is 0 Å². The normalized spacial score (nSPS) is 10.7. The Morgan fingerprint density at radius 1 is 0.692 bits per heavy atom. The van der Waals surface area contributed by atoms with Crippen LogP contribution in [0.2, 0.25) is 0 Å². The summed E-state index contributed by atoms with van der Waals surface area (Å²) in [7, 11) is 0. The number of nitro benzene ring substituents is 2. The molecule has 0 heterocycles. The van der Waals surface area contributed by atoms with E-state index in [0.717, 1.165) is 8.83 Å². The molecule has 0 aliphatic heterocycles. The summed E-state index contributed by atoms with van der Waals surface area (Å²) in [5, 5.41) is 23.1. The molecule has 0 fully saturated rings. The number of nitrogens with zero attached hydrogens (tertiary/aromatic N) is 2. The van der Waals surface area contributed by atoms with Gasteiger partial charge in [-0.3, -0.25) is 0 Å². The monoisotopic (exact) mass is 544 g/mol. The maximum atomic E-state index is 11.6. The summed E-state index contributed by atoms with van der Waals surface area (Å²) >= 11 is -3.24. The van der Waals surface area contributed by atoms with Crippen LogP contribution in [0.5, 0.6) is 0 Å². The minimum atomic E-state index is -3.24. The van der Waals surface area contributed by atoms with Crippen LogP contribution in [0.15, 0.2) is 72.8 Å². The third-order valence-electron chi connectivity index (χ3n) is 3.93. The van der Waals surface area contributed by atoms with Crippen molar-refractivity contribution in [3.63, 3.8) is 0 Å². The molecule has 3 aromatic carbocycles. The first-order valence-electron chi connectivity index (χ1n) is 7.82. The van der Waals surface area contributed by atoms with Crippen LogP contribution in [0, 0.1) is 27.2 Å². The Hall–Kier alpha value is -2.66. The molecule has 0 bridgehead atoms. The Kier molecular flexibility index (Phi) is 5.38. The molecule has 0 aliphatic carbocycles. The summed E-state index contributed by atoms with van der Waals surface area (Å²) in [6.07, 6.45) is 0. The zero-order valence-corrected chi connectivity index (χ0v) is 17.4. The third-order valence-corrected chi connectivity index (χ3v) is 13.8. The molecule has 0 atom stereocenters. The molecular weight excluding hydrogens is 529 g/mol. The fourth-order valence-corrected chi connectivity index (χ4v) is 12.5. The molecule has 0 aromatic heterocycles. The average Bonchev–Trinajstić information content (AvgIpc) is 2.64. The second-order valence-corrected chi connectivity index (χ2v) is 14.0. The fourth-order valence-electron chi connectivity index (χ4n) is 2.72. The van der Waals surface area contributed by atoms with Crippen molar-refractivity contribution in [2.45, 2.75) is 6.92 Å². The van der Waals surface area contributed by atoms with Crippen molar-refractivity contribution in [2.75, 3.05) is 0 Å². The van der Waals surface area contributed by atoms with Crippen LogP contribution < -0.4 is 9.81 Å². The first-order valence-corrected chi connectivity index (χ1v) is 13.0. The van der Waals surface area contributed by atoms with Crippen LogP contribution in [0.1, 0.15) is 5.56 Å². The zero-order valence-electron chi connectivity index (χ0n) is 13.9. The maximum absolute atomic E-state index is 11.6. The van der Waals surface area contributed by atoms with Gasteiger partial charge in [0.2, 0.25) is 0 Å². The molecule has 0 saturated carbocycles. The fraction of sp³-hybridized carbons (Fsp3) is 0.0526. The van der Waals surface area contributed by atoms with E-state index in [1.54, 1.807) is 36.4 Å². The zero-order chi connectivity index (χ0) is 18.7. The molecule has 0 unspecified atom stereocenters. The van der Waals surface area contributed by atoms with E-state index in [2.05, 4.69) is 0 Å². The van der Waals surface area contributed by atoms with Gasteiger partial charge >= 0.3 is 158 Å². The van der Waals surface area contributed by atoms with Gasteiger partial charge in [-0.1, -0.05) is 0 Å². The van der Waals surface area contributed by atoms with Gasteiger partial charge in [-0.15, -0.1) is 0 Å². The van der Waals surface area contributed by atoms with Crippen molar-refractivity contribution >= 4 is 42.9 Å². The van der Waals surface area contributed by atoms with Crippen molar-refractivity contribution < 1.29 is 9.85 Å². The van der Waals surface area contributed by atoms with Crippen molar-refractivity contribution in [3.05, 3.63) is 98.6 Å². The van der Waals surface area contributed by atoms with Crippen LogP contribution >= 0.6 is 0 Å². The van der Waals surface area contributed by atoms with Gasteiger partial charge in [0, 0.05) is 0 Å². The summed E-state index contributed by atoms with van der Waals surface area (Å²) in [4.78, 5) is 22.3. The van der Waals surface area contributed by atoms with Crippen molar-refractivity contribution in [1.29, 1.82) is 0 Å². The van der Waals surface area contributed by atoms with E-state index in [1.807, 2.05) is 31.2 Å². The Balaban J connectivity index is 2.30. The SMILES string of the molecule is Cc1cc[c]([Bi]([c]2ccccc2[N+](=O)[O-])[c]2ccccc2[N+](=O)[O-])cc1. The number of hydrogen-bond donors (Lipinski definition) is 0. The quantitative estimate of drug-likeness (QED) is 0.281. The van der Waals surface area contributed by atoms with Crippen LogP contribution in [0.4, 0.5) is 11.4 Å². The van der Waals surface area contributed by atoms with E-state index in [9.17, 15) is 20.2 Å². The molecule has 0 radical (unpaired) electrons. The number of para-hydroxylation sites is 2. The number of aryl methyl sites for hydroxylation is 1. The topological polar surface area (TPSA) is 86.3 Å². The van der Waals surface area contributed by atoms with Gasteiger partial charge in [-0.05, 0) is 0 Å². The number of nitro groups is 2. The summed E-state index contributed by atoms with van der Waals surface area (Å²) in [6.45, 7) is 1.96. The van der Waals surface area contributed by atoms with Gasteiger partial charge in [0.25, 0.3) is 0 Å². The summed E-state index contributed by atoms with van der Waals surface area (Å²) < 4.78 is 2.23. The standard InChI is InChI=1S/C7H7.2C6H4NO2.Bi/c1-7-5-3-2-4-6-7;2*8-7(9)6-4-2-1-3-5-6;/h3-6H,1H3;2*1-4H;. The van der Waals surface area contributed by atoms with Gasteiger partial charge in [-0.25, -0.2) is 0 Å². The third kappa shape index (κ3) is 3.63. The van der Waals surface area contributed by atoms with Gasteiger partial charge in [0.05, 0.1) is 0 Å². The first-order chi connectivity index (χ1) is 12.5. The van der Waals surface area contributed by atoms with Crippen LogP contribution in [0.3, 0.4) is 0 Å². The molecule has 7 heteroatoms. The summed E-state index contributed by atoms with van der Waals surface area (Å²) in [6, 6.07) is 21.0. The molecule has 3 aromatic rings. The Morgan fingerprint density at radius 2 is 1.12 bits per heavy atom. The molecule has 0 aliphatic rings. The molecule has 3 rings (SSSR count). The molecule has 26 heavy (non-hydrogen) atoms. The molecule has 0 saturated heterocycles. The van der Waals surface area contributed by atoms with Crippen molar-refractivity contribution in [3.8, 4) is 0 Å². The molecule has 0 spiro atoms. The number of benzene rings is 3. The molecule has 6 nitrogen and oxygen atoms in total. The number of rotatable bonds is 5. The molecule has 0 N–H and O–H groups in total. The molecule has 130 valence electrons. The van der Waals surface area contributed by atoms with Gasteiger partial charge in [0.15, 0.2) is 0 Å². The Bertz CT molecular complexity index is 916. The average molecular weight is 544 g/mol. The van der Waals surface area contributed by atoms with E-state index in [0.29, 0.717) is 6.54 Å². The van der Waals surface area contributed by atoms with Gasteiger partial charge in [-0.2, -0.15) is 0 Å². The van der Waals surface area contributed by atoms with Gasteiger partial charge < -0.3 is 0 Å². The van der Waals surface area contributed by atoms with Crippen molar-refractivity contribution in [1.82, 2.24) is 0 Å². The number of hydrogen-bond acceptors (Lipinski definition) is 4. The second-order valence-electron chi connectivity index (χ2n) is 5.66. The van der Waals surface area contributed by atoms with E-state index < -0.39 is 31.6 Å². The van der Waals surface area contributed by atoms with E-state index in [4.69, 9.17) is 0 Å². The van der Waals surface area contributed by atoms with Gasteiger partial charge in [0.1, 0.15) is 0 Å².